The van der Waals surface area contributed by atoms with Gasteiger partial charge in [-0.3, -0.25) is 0 Å². The Balaban J connectivity index is 2.63. The van der Waals surface area contributed by atoms with Crippen LogP contribution in [0.5, 0.6) is 11.5 Å². The van der Waals surface area contributed by atoms with Crippen LogP contribution in [0.3, 0.4) is 0 Å². The van der Waals surface area contributed by atoms with Crippen LogP contribution in [-0.2, 0) is 9.47 Å². The van der Waals surface area contributed by atoms with Gasteiger partial charge in [0.25, 0.3) is 0 Å². The van der Waals surface area contributed by atoms with Crippen LogP contribution in [0.25, 0.3) is 10.8 Å². The number of ether oxygens (including phenoxy) is 3. The molecule has 0 aromatic heterocycles. The van der Waals surface area contributed by atoms with E-state index in [1.807, 2.05) is 38.1 Å². The monoisotopic (exact) mass is 276 g/mol. The number of methoxy groups -OCH3 is 1. The second kappa shape index (κ2) is 6.59. The number of hydrogen-bond acceptors (Lipinski definition) is 4. The molecule has 2 rings (SSSR count). The lowest BCUT2D eigenvalue weighted by Gasteiger charge is -2.20. The summed E-state index contributed by atoms with van der Waals surface area (Å²) in [6.07, 6.45) is -0.468. The smallest absolute Gasteiger partial charge is 0.184 e. The summed E-state index contributed by atoms with van der Waals surface area (Å²) in [6.45, 7) is 4.93. The molecule has 0 heterocycles. The molecule has 0 fully saturated rings. The number of benzene rings is 2. The molecule has 4 heteroatoms. The van der Waals surface area contributed by atoms with Crippen LogP contribution in [0, 0.1) is 0 Å². The van der Waals surface area contributed by atoms with Gasteiger partial charge in [0.15, 0.2) is 17.8 Å². The van der Waals surface area contributed by atoms with Gasteiger partial charge >= 0.3 is 0 Å². The van der Waals surface area contributed by atoms with Crippen LogP contribution < -0.4 is 4.74 Å². The summed E-state index contributed by atoms with van der Waals surface area (Å²) in [6, 6.07) is 9.36. The molecular weight excluding hydrogens is 256 g/mol. The predicted molar refractivity (Wildman–Crippen MR) is 78.2 cm³/mol. The summed E-state index contributed by atoms with van der Waals surface area (Å²) in [7, 11) is 1.53. The zero-order valence-electron chi connectivity index (χ0n) is 12.1. The molecule has 108 valence electrons. The van der Waals surface area contributed by atoms with E-state index in [9.17, 15) is 5.11 Å². The van der Waals surface area contributed by atoms with Crippen molar-refractivity contribution in [3.8, 4) is 11.5 Å². The van der Waals surface area contributed by atoms with Crippen molar-refractivity contribution in [1.82, 2.24) is 0 Å². The average molecular weight is 276 g/mol. The lowest BCUT2D eigenvalue weighted by Crippen LogP contribution is -2.09. The van der Waals surface area contributed by atoms with Crippen LogP contribution in [-0.4, -0.2) is 25.4 Å². The van der Waals surface area contributed by atoms with E-state index in [2.05, 4.69) is 0 Å². The first kappa shape index (κ1) is 14.6. The molecule has 0 unspecified atom stereocenters. The summed E-state index contributed by atoms with van der Waals surface area (Å²) in [5.41, 5.74) is 0.860. The van der Waals surface area contributed by atoms with Crippen LogP contribution in [0.1, 0.15) is 25.7 Å². The Morgan fingerprint density at radius 1 is 1.05 bits per heavy atom. The molecule has 4 nitrogen and oxygen atoms in total. The van der Waals surface area contributed by atoms with Gasteiger partial charge in [-0.05, 0) is 25.3 Å². The lowest BCUT2D eigenvalue weighted by molar-refractivity contribution is -0.139. The predicted octanol–water partition coefficient (Wildman–Crippen LogP) is 3.63. The van der Waals surface area contributed by atoms with Crippen LogP contribution in [0.4, 0.5) is 0 Å². The number of rotatable bonds is 6. The molecule has 2 aromatic carbocycles. The average Bonchev–Trinajstić information content (AvgIpc) is 2.48. The van der Waals surface area contributed by atoms with Gasteiger partial charge in [0, 0.05) is 24.2 Å². The molecule has 1 N–H and O–H groups in total. The Kier molecular flexibility index (Phi) is 4.82. The second-order valence-electron chi connectivity index (χ2n) is 4.30. The Morgan fingerprint density at radius 3 is 2.20 bits per heavy atom. The van der Waals surface area contributed by atoms with E-state index in [1.165, 1.54) is 7.11 Å². The first-order valence-corrected chi connectivity index (χ1v) is 6.74. The van der Waals surface area contributed by atoms with Crippen molar-refractivity contribution in [3.05, 3.63) is 35.9 Å². The van der Waals surface area contributed by atoms with Crippen molar-refractivity contribution in [2.75, 3.05) is 20.3 Å². The first-order chi connectivity index (χ1) is 9.72. The van der Waals surface area contributed by atoms with Gasteiger partial charge in [-0.2, -0.15) is 0 Å². The topological polar surface area (TPSA) is 47.9 Å². The number of hydrogen-bond donors (Lipinski definition) is 1. The Bertz CT molecular complexity index is 574. The zero-order chi connectivity index (χ0) is 14.5. The van der Waals surface area contributed by atoms with Gasteiger partial charge in [0.1, 0.15) is 0 Å². The minimum atomic E-state index is -0.468. The minimum absolute atomic E-state index is 0.138. The van der Waals surface area contributed by atoms with Gasteiger partial charge in [0.2, 0.25) is 0 Å². The Labute approximate surface area is 118 Å². The third-order valence-electron chi connectivity index (χ3n) is 3.12. The van der Waals surface area contributed by atoms with Crippen molar-refractivity contribution < 1.29 is 19.3 Å². The van der Waals surface area contributed by atoms with E-state index in [0.29, 0.717) is 19.0 Å². The summed E-state index contributed by atoms with van der Waals surface area (Å²) in [5.74, 6) is 0.557. The molecule has 0 aliphatic heterocycles. The summed E-state index contributed by atoms with van der Waals surface area (Å²) >= 11 is 0. The van der Waals surface area contributed by atoms with Gasteiger partial charge in [-0.25, -0.2) is 0 Å². The summed E-state index contributed by atoms with van der Waals surface area (Å²) in [4.78, 5) is 0. The molecule has 20 heavy (non-hydrogen) atoms. The minimum Gasteiger partial charge on any atom is -0.504 e. The molecule has 0 aliphatic rings. The van der Waals surface area contributed by atoms with Crippen molar-refractivity contribution in [1.29, 1.82) is 0 Å². The molecular formula is C16H20O4. The zero-order valence-corrected chi connectivity index (χ0v) is 12.1. The van der Waals surface area contributed by atoms with E-state index in [-0.39, 0.29) is 5.75 Å². The van der Waals surface area contributed by atoms with Gasteiger partial charge in [-0.1, -0.05) is 24.3 Å². The van der Waals surface area contributed by atoms with E-state index in [4.69, 9.17) is 14.2 Å². The summed E-state index contributed by atoms with van der Waals surface area (Å²) < 4.78 is 16.6. The number of phenolic OH excluding ortho intramolecular Hbond substituents is 1. The number of fused-ring (bicyclic) bond motifs is 1. The Morgan fingerprint density at radius 2 is 1.65 bits per heavy atom. The highest BCUT2D eigenvalue weighted by Crippen LogP contribution is 2.39. The molecule has 0 atom stereocenters. The third-order valence-corrected chi connectivity index (χ3v) is 3.12. The van der Waals surface area contributed by atoms with E-state index in [0.717, 1.165) is 16.3 Å². The molecule has 0 saturated heterocycles. The van der Waals surface area contributed by atoms with E-state index in [1.54, 1.807) is 6.07 Å². The summed E-state index contributed by atoms with van der Waals surface area (Å²) in [5, 5.41) is 11.8. The van der Waals surface area contributed by atoms with Crippen molar-refractivity contribution in [3.63, 3.8) is 0 Å². The largest absolute Gasteiger partial charge is 0.504 e. The van der Waals surface area contributed by atoms with Crippen molar-refractivity contribution in [2.24, 2.45) is 0 Å². The van der Waals surface area contributed by atoms with Crippen LogP contribution in [0.15, 0.2) is 30.3 Å². The maximum Gasteiger partial charge on any atom is 0.184 e. The first-order valence-electron chi connectivity index (χ1n) is 6.74. The normalized spacial score (nSPS) is 11.2. The highest BCUT2D eigenvalue weighted by molar-refractivity contribution is 5.93. The molecule has 2 aromatic rings. The standard InChI is InChI=1S/C16H20O4/c1-4-19-16(20-5-2)13-10-14(18-3)15(17)12-9-7-6-8-11(12)13/h6-10,16-17H,4-5H2,1-3H3. The van der Waals surface area contributed by atoms with Crippen LogP contribution in [0.2, 0.25) is 0 Å². The van der Waals surface area contributed by atoms with E-state index < -0.39 is 6.29 Å². The van der Waals surface area contributed by atoms with Crippen LogP contribution >= 0.6 is 0 Å². The highest BCUT2D eigenvalue weighted by Gasteiger charge is 2.19. The number of phenols is 1. The molecule has 0 spiro atoms. The van der Waals surface area contributed by atoms with Crippen molar-refractivity contribution in [2.45, 2.75) is 20.1 Å². The SMILES string of the molecule is CCOC(OCC)c1cc(OC)c(O)c2ccccc12. The highest BCUT2D eigenvalue weighted by atomic mass is 16.7. The molecule has 0 aliphatic carbocycles. The quantitative estimate of drug-likeness (QED) is 0.818. The molecule has 0 amide bonds. The maximum absolute atomic E-state index is 10.2. The second-order valence-corrected chi connectivity index (χ2v) is 4.30. The molecule has 0 radical (unpaired) electrons. The third kappa shape index (κ3) is 2.71. The fourth-order valence-corrected chi connectivity index (χ4v) is 2.24. The fraction of sp³-hybridized carbons (Fsp3) is 0.375. The Hall–Kier alpha value is -1.78. The molecule has 0 bridgehead atoms. The molecule has 0 saturated carbocycles. The lowest BCUT2D eigenvalue weighted by atomic mass is 10.0. The van der Waals surface area contributed by atoms with Gasteiger partial charge in [0.05, 0.1) is 7.11 Å². The fourth-order valence-electron chi connectivity index (χ4n) is 2.24. The van der Waals surface area contributed by atoms with Gasteiger partial charge < -0.3 is 19.3 Å². The van der Waals surface area contributed by atoms with Crippen molar-refractivity contribution >= 4 is 10.8 Å². The number of aromatic hydroxyl groups is 1. The van der Waals surface area contributed by atoms with Gasteiger partial charge in [-0.15, -0.1) is 0 Å². The maximum atomic E-state index is 10.2. The van der Waals surface area contributed by atoms with E-state index >= 15 is 0 Å².